The van der Waals surface area contributed by atoms with Crippen LogP contribution in [0.25, 0.3) is 10.9 Å². The van der Waals surface area contributed by atoms with Crippen molar-refractivity contribution in [3.8, 4) is 0 Å². The summed E-state index contributed by atoms with van der Waals surface area (Å²) in [4.78, 5) is 30.1. The predicted octanol–water partition coefficient (Wildman–Crippen LogP) is 1.43. The molecule has 1 aromatic heterocycles. The molecule has 1 fully saturated rings. The molecule has 1 atom stereocenters. The van der Waals surface area contributed by atoms with Crippen LogP contribution in [0.4, 0.5) is 10.1 Å². The van der Waals surface area contributed by atoms with Crippen LogP contribution in [-0.2, 0) is 9.53 Å². The van der Waals surface area contributed by atoms with Gasteiger partial charge in [-0.25, -0.2) is 9.37 Å². The molecule has 2 heterocycles. The molecular weight excluding hydrogens is 277 g/mol. The van der Waals surface area contributed by atoms with E-state index in [0.29, 0.717) is 19.6 Å². The van der Waals surface area contributed by atoms with Gasteiger partial charge in [0, 0.05) is 12.7 Å². The topological polar surface area (TPSA) is 84.1 Å². The zero-order valence-corrected chi connectivity index (χ0v) is 11.2. The lowest BCUT2D eigenvalue weighted by Gasteiger charge is -2.21. The Kier molecular flexibility index (Phi) is 3.66. The first kappa shape index (κ1) is 13.7. The van der Waals surface area contributed by atoms with E-state index in [1.165, 1.54) is 12.4 Å². The van der Waals surface area contributed by atoms with E-state index in [2.05, 4.69) is 15.3 Å². The summed E-state index contributed by atoms with van der Waals surface area (Å²) in [7, 11) is 0. The van der Waals surface area contributed by atoms with E-state index < -0.39 is 5.82 Å². The molecule has 21 heavy (non-hydrogen) atoms. The van der Waals surface area contributed by atoms with Crippen LogP contribution in [0.3, 0.4) is 0 Å². The molecule has 3 rings (SSSR count). The second kappa shape index (κ2) is 5.61. The average molecular weight is 291 g/mol. The van der Waals surface area contributed by atoms with Gasteiger partial charge in [-0.15, -0.1) is 0 Å². The fourth-order valence-corrected chi connectivity index (χ4v) is 2.37. The van der Waals surface area contributed by atoms with Crippen molar-refractivity contribution >= 4 is 22.5 Å². The van der Waals surface area contributed by atoms with Crippen molar-refractivity contribution in [1.29, 1.82) is 0 Å². The van der Waals surface area contributed by atoms with Gasteiger partial charge in [-0.3, -0.25) is 9.59 Å². The average Bonchev–Trinajstić information content (AvgIpc) is 2.50. The van der Waals surface area contributed by atoms with Crippen molar-refractivity contribution in [3.05, 3.63) is 34.6 Å². The Morgan fingerprint density at radius 2 is 2.33 bits per heavy atom. The van der Waals surface area contributed by atoms with Crippen molar-refractivity contribution in [2.75, 3.05) is 18.5 Å². The number of H-pyrrole nitrogens is 1. The molecule has 110 valence electrons. The van der Waals surface area contributed by atoms with Gasteiger partial charge in [-0.05, 0) is 18.9 Å². The molecule has 0 unspecified atom stereocenters. The lowest BCUT2D eigenvalue weighted by atomic mass is 10.0. The molecule has 1 aromatic carbocycles. The molecule has 7 heteroatoms. The number of rotatable bonds is 2. The highest BCUT2D eigenvalue weighted by Gasteiger charge is 2.22. The number of aromatic amines is 1. The summed E-state index contributed by atoms with van der Waals surface area (Å²) in [6.45, 7) is 0.984. The number of amides is 1. The summed E-state index contributed by atoms with van der Waals surface area (Å²) in [6, 6.07) is 2.44. The number of carbonyl (C=O) groups excluding carboxylic acids is 1. The monoisotopic (exact) mass is 291 g/mol. The van der Waals surface area contributed by atoms with Crippen molar-refractivity contribution < 1.29 is 13.9 Å². The Balaban J connectivity index is 1.89. The minimum atomic E-state index is -0.620. The van der Waals surface area contributed by atoms with Gasteiger partial charge in [0.2, 0.25) is 5.91 Å². The van der Waals surface area contributed by atoms with Gasteiger partial charge in [0.1, 0.15) is 5.82 Å². The maximum Gasteiger partial charge on any atom is 0.258 e. The first-order valence-electron chi connectivity index (χ1n) is 6.70. The first-order valence-corrected chi connectivity index (χ1v) is 6.70. The third-order valence-corrected chi connectivity index (χ3v) is 3.52. The number of anilines is 1. The number of aromatic nitrogens is 2. The van der Waals surface area contributed by atoms with Crippen molar-refractivity contribution in [3.63, 3.8) is 0 Å². The van der Waals surface area contributed by atoms with Gasteiger partial charge in [0.25, 0.3) is 5.56 Å². The molecule has 1 aliphatic heterocycles. The van der Waals surface area contributed by atoms with E-state index in [4.69, 9.17) is 4.74 Å². The number of carbonyl (C=O) groups is 1. The highest BCUT2D eigenvalue weighted by atomic mass is 19.1. The quantitative estimate of drug-likeness (QED) is 0.876. The molecule has 0 saturated carbocycles. The van der Waals surface area contributed by atoms with E-state index in [1.807, 2.05) is 0 Å². The van der Waals surface area contributed by atoms with Crippen LogP contribution in [0.1, 0.15) is 12.8 Å². The zero-order valence-electron chi connectivity index (χ0n) is 11.2. The van der Waals surface area contributed by atoms with Gasteiger partial charge in [0.15, 0.2) is 0 Å². The molecule has 0 aliphatic carbocycles. The summed E-state index contributed by atoms with van der Waals surface area (Å²) in [6.07, 6.45) is 2.73. The third-order valence-electron chi connectivity index (χ3n) is 3.52. The van der Waals surface area contributed by atoms with Crippen LogP contribution in [0, 0.1) is 11.7 Å². The molecule has 1 saturated heterocycles. The van der Waals surface area contributed by atoms with Gasteiger partial charge in [0.05, 0.1) is 35.4 Å². The van der Waals surface area contributed by atoms with Gasteiger partial charge in [-0.1, -0.05) is 0 Å². The number of hydrogen-bond acceptors (Lipinski definition) is 4. The maximum atomic E-state index is 14.0. The predicted molar refractivity (Wildman–Crippen MR) is 74.5 cm³/mol. The number of nitrogens with zero attached hydrogens (tertiary/aromatic N) is 1. The second-order valence-electron chi connectivity index (χ2n) is 4.98. The van der Waals surface area contributed by atoms with Crippen molar-refractivity contribution in [2.24, 2.45) is 5.92 Å². The number of fused-ring (bicyclic) bond motifs is 1. The zero-order chi connectivity index (χ0) is 14.8. The van der Waals surface area contributed by atoms with Gasteiger partial charge in [-0.2, -0.15) is 0 Å². The lowest BCUT2D eigenvalue weighted by molar-refractivity contribution is -0.123. The van der Waals surface area contributed by atoms with Crippen LogP contribution >= 0.6 is 0 Å². The maximum absolute atomic E-state index is 14.0. The van der Waals surface area contributed by atoms with Crippen LogP contribution in [0.15, 0.2) is 23.3 Å². The number of halogens is 1. The molecule has 1 aliphatic rings. The standard InChI is InChI=1S/C14H14FN3O3/c15-10-5-11-9(14(20)17-7-16-11)4-12(10)18-13(19)8-2-1-3-21-6-8/h4-5,7-8H,1-3,6H2,(H,18,19)(H,16,17,20)/t8-/m0/s1. The molecular formula is C14H14FN3O3. The number of nitrogens with one attached hydrogen (secondary N) is 2. The van der Waals surface area contributed by atoms with E-state index in [1.54, 1.807) is 0 Å². The minimum absolute atomic E-state index is 0.0171. The molecule has 0 bridgehead atoms. The van der Waals surface area contributed by atoms with E-state index in [-0.39, 0.29) is 34.0 Å². The summed E-state index contributed by atoms with van der Waals surface area (Å²) in [5.41, 5.74) is -0.150. The Morgan fingerprint density at radius 1 is 1.48 bits per heavy atom. The fourth-order valence-electron chi connectivity index (χ4n) is 2.37. The molecule has 0 spiro atoms. The lowest BCUT2D eigenvalue weighted by Crippen LogP contribution is -2.30. The SMILES string of the molecule is O=C(Nc1cc2c(=O)[nH]cnc2cc1F)[C@H]1CCCOC1. The highest BCUT2D eigenvalue weighted by molar-refractivity contribution is 5.95. The largest absolute Gasteiger partial charge is 0.381 e. The summed E-state index contributed by atoms with van der Waals surface area (Å²) < 4.78 is 19.2. The van der Waals surface area contributed by atoms with E-state index in [9.17, 15) is 14.0 Å². The Labute approximate surface area is 119 Å². The summed E-state index contributed by atoms with van der Waals surface area (Å²) in [5.74, 6) is -1.21. The molecule has 2 aromatic rings. The van der Waals surface area contributed by atoms with Crippen molar-refractivity contribution in [2.45, 2.75) is 12.8 Å². The van der Waals surface area contributed by atoms with Gasteiger partial charge >= 0.3 is 0 Å². The number of hydrogen-bond donors (Lipinski definition) is 2. The number of benzene rings is 1. The van der Waals surface area contributed by atoms with Crippen molar-refractivity contribution in [1.82, 2.24) is 9.97 Å². The second-order valence-corrected chi connectivity index (χ2v) is 4.98. The minimum Gasteiger partial charge on any atom is -0.381 e. The molecule has 2 N–H and O–H groups in total. The fraction of sp³-hybridized carbons (Fsp3) is 0.357. The van der Waals surface area contributed by atoms with Crippen LogP contribution in [0.5, 0.6) is 0 Å². The summed E-state index contributed by atoms with van der Waals surface area (Å²) in [5, 5.41) is 2.76. The molecule has 6 nitrogen and oxygen atoms in total. The van der Waals surface area contributed by atoms with E-state index in [0.717, 1.165) is 12.5 Å². The first-order chi connectivity index (χ1) is 10.1. The highest BCUT2D eigenvalue weighted by Crippen LogP contribution is 2.21. The summed E-state index contributed by atoms with van der Waals surface area (Å²) >= 11 is 0. The van der Waals surface area contributed by atoms with Crippen LogP contribution < -0.4 is 10.9 Å². The normalized spacial score (nSPS) is 18.6. The van der Waals surface area contributed by atoms with Crippen LogP contribution in [0.2, 0.25) is 0 Å². The van der Waals surface area contributed by atoms with Gasteiger partial charge < -0.3 is 15.0 Å². The Morgan fingerprint density at radius 3 is 3.10 bits per heavy atom. The Hall–Kier alpha value is -2.28. The smallest absolute Gasteiger partial charge is 0.258 e. The van der Waals surface area contributed by atoms with Crippen LogP contribution in [-0.4, -0.2) is 29.1 Å². The molecule has 1 amide bonds. The number of ether oxygens (including phenoxy) is 1. The Bertz CT molecular complexity index is 738. The molecule has 0 radical (unpaired) electrons. The van der Waals surface area contributed by atoms with E-state index >= 15 is 0 Å². The third kappa shape index (κ3) is 2.78.